The smallest absolute Gasteiger partial charge is 0.0993 e. The summed E-state index contributed by atoms with van der Waals surface area (Å²) in [6, 6.07) is 0. The average molecular weight is 371 g/mol. The van der Waals surface area contributed by atoms with E-state index >= 15 is 0 Å². The summed E-state index contributed by atoms with van der Waals surface area (Å²) in [4.78, 5) is 0. The lowest BCUT2D eigenvalue weighted by Gasteiger charge is -2.41. The van der Waals surface area contributed by atoms with Gasteiger partial charge in [0.05, 0.1) is 5.83 Å². The highest BCUT2D eigenvalue weighted by molar-refractivity contribution is 5.39. The van der Waals surface area contributed by atoms with E-state index in [9.17, 15) is 4.39 Å². The fraction of sp³-hybridized carbons (Fsp3) is 0.769. The van der Waals surface area contributed by atoms with Crippen molar-refractivity contribution in [2.45, 2.75) is 103 Å². The lowest BCUT2D eigenvalue weighted by Crippen LogP contribution is -2.31. The number of rotatable bonds is 4. The minimum Gasteiger partial charge on any atom is -0.212 e. The predicted octanol–water partition coefficient (Wildman–Crippen LogP) is 8.45. The predicted molar refractivity (Wildman–Crippen MR) is 113 cm³/mol. The molecular weight excluding hydrogens is 331 g/mol. The van der Waals surface area contributed by atoms with Gasteiger partial charge in [0, 0.05) is 5.92 Å². The summed E-state index contributed by atoms with van der Waals surface area (Å²) in [5.74, 6) is 2.60. The Labute approximate surface area is 166 Å². The molecule has 0 amide bonds. The van der Waals surface area contributed by atoms with E-state index in [1.807, 2.05) is 6.08 Å². The SMILES string of the molecule is CC1=C(C2=CCCCC2)C(CC2CCCCC2C2CCCC=C2F)CCC1. The van der Waals surface area contributed by atoms with Crippen LogP contribution in [0.4, 0.5) is 4.39 Å². The monoisotopic (exact) mass is 370 g/mol. The molecule has 0 spiro atoms. The van der Waals surface area contributed by atoms with Crippen molar-refractivity contribution < 1.29 is 4.39 Å². The Morgan fingerprint density at radius 1 is 0.852 bits per heavy atom. The van der Waals surface area contributed by atoms with Crippen LogP contribution >= 0.6 is 0 Å². The first-order chi connectivity index (χ1) is 13.2. The second kappa shape index (κ2) is 9.10. The quantitative estimate of drug-likeness (QED) is 0.465. The minimum atomic E-state index is 0.240. The molecule has 4 rings (SSSR count). The molecule has 0 aromatic carbocycles. The molecule has 1 saturated carbocycles. The standard InChI is InChI=1S/C26H39F/c1-19-10-9-14-22(26(19)20-11-3-2-4-12-20)18-21-13-5-6-15-23(21)24-16-7-8-17-25(24)27/h11,17,21-24H,2-10,12-16,18H2,1H3. The van der Waals surface area contributed by atoms with Crippen LogP contribution in [0, 0.1) is 23.7 Å². The van der Waals surface area contributed by atoms with Gasteiger partial charge < -0.3 is 0 Å². The van der Waals surface area contributed by atoms with Crippen LogP contribution in [0.2, 0.25) is 0 Å². The molecule has 4 aliphatic carbocycles. The maximum Gasteiger partial charge on any atom is 0.0993 e. The zero-order valence-electron chi connectivity index (χ0n) is 17.4. The van der Waals surface area contributed by atoms with Gasteiger partial charge in [-0.3, -0.25) is 0 Å². The molecule has 0 aliphatic heterocycles. The Kier molecular flexibility index (Phi) is 6.56. The van der Waals surface area contributed by atoms with E-state index in [0.29, 0.717) is 5.92 Å². The molecule has 0 aromatic heterocycles. The summed E-state index contributed by atoms with van der Waals surface area (Å²) < 4.78 is 14.7. The summed E-state index contributed by atoms with van der Waals surface area (Å²) in [7, 11) is 0. The molecule has 0 aromatic rings. The molecule has 0 heterocycles. The summed E-state index contributed by atoms with van der Waals surface area (Å²) in [5, 5.41) is 0. The lowest BCUT2D eigenvalue weighted by atomic mass is 9.64. The zero-order chi connectivity index (χ0) is 18.6. The number of allylic oxidation sites excluding steroid dienone is 6. The summed E-state index contributed by atoms with van der Waals surface area (Å²) >= 11 is 0. The van der Waals surface area contributed by atoms with Gasteiger partial charge in [0.15, 0.2) is 0 Å². The molecule has 1 heteroatoms. The Morgan fingerprint density at radius 2 is 1.70 bits per heavy atom. The van der Waals surface area contributed by atoms with Gasteiger partial charge in [-0.1, -0.05) is 37.0 Å². The van der Waals surface area contributed by atoms with Crippen LogP contribution in [0.3, 0.4) is 0 Å². The number of hydrogen-bond acceptors (Lipinski definition) is 0. The van der Waals surface area contributed by atoms with Crippen molar-refractivity contribution in [3.05, 3.63) is 34.7 Å². The molecule has 0 nitrogen and oxygen atoms in total. The molecule has 4 atom stereocenters. The molecule has 4 aliphatic rings. The first-order valence-corrected chi connectivity index (χ1v) is 12.0. The van der Waals surface area contributed by atoms with Crippen LogP contribution in [0.25, 0.3) is 0 Å². The Bertz CT molecular complexity index is 608. The summed E-state index contributed by atoms with van der Waals surface area (Å²) in [6.45, 7) is 2.40. The fourth-order valence-electron chi connectivity index (χ4n) is 6.81. The van der Waals surface area contributed by atoms with Crippen molar-refractivity contribution in [2.24, 2.45) is 23.7 Å². The third kappa shape index (κ3) is 4.43. The first-order valence-electron chi connectivity index (χ1n) is 12.0. The Balaban J connectivity index is 1.53. The van der Waals surface area contributed by atoms with Gasteiger partial charge in [0.1, 0.15) is 0 Å². The van der Waals surface area contributed by atoms with Crippen LogP contribution < -0.4 is 0 Å². The maximum atomic E-state index is 14.7. The number of halogens is 1. The zero-order valence-corrected chi connectivity index (χ0v) is 17.4. The van der Waals surface area contributed by atoms with Gasteiger partial charge in [-0.15, -0.1) is 0 Å². The van der Waals surface area contributed by atoms with Crippen molar-refractivity contribution in [1.82, 2.24) is 0 Å². The molecule has 0 bridgehead atoms. The Morgan fingerprint density at radius 3 is 2.52 bits per heavy atom. The van der Waals surface area contributed by atoms with Gasteiger partial charge in [-0.25, -0.2) is 4.39 Å². The average Bonchev–Trinajstić information content (AvgIpc) is 2.70. The van der Waals surface area contributed by atoms with Crippen molar-refractivity contribution >= 4 is 0 Å². The van der Waals surface area contributed by atoms with Gasteiger partial charge in [-0.2, -0.15) is 0 Å². The van der Waals surface area contributed by atoms with E-state index in [0.717, 1.165) is 24.7 Å². The second-order valence-corrected chi connectivity index (χ2v) is 9.83. The molecule has 4 unspecified atom stereocenters. The highest BCUT2D eigenvalue weighted by Gasteiger charge is 2.37. The second-order valence-electron chi connectivity index (χ2n) is 9.83. The molecule has 0 N–H and O–H groups in total. The lowest BCUT2D eigenvalue weighted by molar-refractivity contribution is 0.130. The minimum absolute atomic E-state index is 0.240. The third-order valence-corrected chi connectivity index (χ3v) is 8.09. The van der Waals surface area contributed by atoms with Crippen LogP contribution in [-0.4, -0.2) is 0 Å². The van der Waals surface area contributed by atoms with Gasteiger partial charge in [0.2, 0.25) is 0 Å². The highest BCUT2D eigenvalue weighted by atomic mass is 19.1. The topological polar surface area (TPSA) is 0 Å². The van der Waals surface area contributed by atoms with E-state index in [1.165, 1.54) is 83.5 Å². The van der Waals surface area contributed by atoms with Crippen molar-refractivity contribution in [3.8, 4) is 0 Å². The summed E-state index contributed by atoms with van der Waals surface area (Å²) in [5.41, 5.74) is 5.12. The maximum absolute atomic E-state index is 14.7. The van der Waals surface area contributed by atoms with Gasteiger partial charge >= 0.3 is 0 Å². The molecule has 0 saturated heterocycles. The Hall–Kier alpha value is -0.850. The first kappa shape index (κ1) is 19.5. The number of hydrogen-bond donors (Lipinski definition) is 0. The van der Waals surface area contributed by atoms with Gasteiger partial charge in [-0.05, 0) is 113 Å². The highest BCUT2D eigenvalue weighted by Crippen LogP contribution is 2.48. The molecule has 150 valence electrons. The van der Waals surface area contributed by atoms with Crippen LogP contribution in [-0.2, 0) is 0 Å². The van der Waals surface area contributed by atoms with E-state index in [4.69, 9.17) is 0 Å². The fourth-order valence-corrected chi connectivity index (χ4v) is 6.81. The van der Waals surface area contributed by atoms with Gasteiger partial charge in [0.25, 0.3) is 0 Å². The van der Waals surface area contributed by atoms with E-state index in [-0.39, 0.29) is 11.7 Å². The van der Waals surface area contributed by atoms with Crippen LogP contribution in [0.1, 0.15) is 103 Å². The molecular formula is C26H39F. The van der Waals surface area contributed by atoms with Crippen LogP contribution in [0.15, 0.2) is 34.7 Å². The van der Waals surface area contributed by atoms with E-state index in [2.05, 4.69) is 13.0 Å². The molecule has 27 heavy (non-hydrogen) atoms. The van der Waals surface area contributed by atoms with Crippen molar-refractivity contribution in [3.63, 3.8) is 0 Å². The van der Waals surface area contributed by atoms with E-state index < -0.39 is 0 Å². The normalized spacial score (nSPS) is 35.6. The molecule has 1 fully saturated rings. The van der Waals surface area contributed by atoms with Crippen LogP contribution in [0.5, 0.6) is 0 Å². The third-order valence-electron chi connectivity index (χ3n) is 8.09. The largest absolute Gasteiger partial charge is 0.212 e. The van der Waals surface area contributed by atoms with E-state index in [1.54, 1.807) is 16.7 Å². The van der Waals surface area contributed by atoms with Crippen molar-refractivity contribution in [1.29, 1.82) is 0 Å². The summed E-state index contributed by atoms with van der Waals surface area (Å²) in [6.07, 6.45) is 23.7. The molecule has 0 radical (unpaired) electrons. The van der Waals surface area contributed by atoms with Crippen molar-refractivity contribution in [2.75, 3.05) is 0 Å².